The summed E-state index contributed by atoms with van der Waals surface area (Å²) in [6.45, 7) is 2.29. The number of nitrogens with zero attached hydrogens (tertiary/aromatic N) is 1. The van der Waals surface area contributed by atoms with Crippen LogP contribution in [0.25, 0.3) is 0 Å². The maximum absolute atomic E-state index is 10.9. The predicted octanol–water partition coefficient (Wildman–Crippen LogP) is 4.41. The number of hydrogen-bond donors (Lipinski definition) is 1. The zero-order chi connectivity index (χ0) is 15.6. The van der Waals surface area contributed by atoms with Gasteiger partial charge in [-0.05, 0) is 63.4 Å². The van der Waals surface area contributed by atoms with E-state index < -0.39 is 6.10 Å². The van der Waals surface area contributed by atoms with E-state index in [2.05, 4.69) is 25.9 Å². The molecule has 1 aliphatic rings. The molecule has 1 aliphatic carbocycles. The fraction of sp³-hybridized carbons (Fsp3) is 0.647. The Labute approximate surface area is 138 Å². The van der Waals surface area contributed by atoms with Gasteiger partial charge in [0.15, 0.2) is 0 Å². The summed E-state index contributed by atoms with van der Waals surface area (Å²) in [5.41, 5.74) is 0.683. The van der Waals surface area contributed by atoms with Crippen molar-refractivity contribution >= 4 is 23.2 Å². The molecule has 118 valence electrons. The summed E-state index contributed by atoms with van der Waals surface area (Å²) in [4.78, 5) is 2.19. The minimum absolute atomic E-state index is 0.172. The van der Waals surface area contributed by atoms with Crippen LogP contribution in [0.2, 0.25) is 10.0 Å². The minimum atomic E-state index is -0.461. The first-order valence-corrected chi connectivity index (χ1v) is 8.41. The van der Waals surface area contributed by atoms with Crippen molar-refractivity contribution in [2.75, 3.05) is 14.1 Å². The predicted molar refractivity (Wildman–Crippen MR) is 90.2 cm³/mol. The van der Waals surface area contributed by atoms with Crippen LogP contribution in [0, 0.1) is 5.92 Å². The Morgan fingerprint density at radius 3 is 2.24 bits per heavy atom. The Hall–Kier alpha value is -0.280. The molecule has 1 atom stereocenters. The van der Waals surface area contributed by atoms with Gasteiger partial charge in [-0.2, -0.15) is 0 Å². The molecule has 1 saturated carbocycles. The Balaban J connectivity index is 2.22. The third-order valence-corrected chi connectivity index (χ3v) is 5.82. The monoisotopic (exact) mass is 329 g/mol. The number of hydrogen-bond acceptors (Lipinski definition) is 2. The van der Waals surface area contributed by atoms with Gasteiger partial charge in [-0.25, -0.2) is 0 Å². The first-order valence-electron chi connectivity index (χ1n) is 7.65. The van der Waals surface area contributed by atoms with Crippen molar-refractivity contribution in [3.8, 4) is 0 Å². The van der Waals surface area contributed by atoms with Crippen molar-refractivity contribution in [3.05, 3.63) is 33.8 Å². The molecular weight excluding hydrogens is 305 g/mol. The van der Waals surface area contributed by atoms with E-state index in [1.807, 2.05) is 18.2 Å². The van der Waals surface area contributed by atoms with Gasteiger partial charge in [0.1, 0.15) is 0 Å². The van der Waals surface area contributed by atoms with E-state index in [1.54, 1.807) is 0 Å². The van der Waals surface area contributed by atoms with Crippen LogP contribution in [0.3, 0.4) is 0 Å². The second-order valence-corrected chi connectivity index (χ2v) is 7.42. The number of rotatable bonds is 4. The maximum Gasteiger partial charge on any atom is 0.0764 e. The van der Waals surface area contributed by atoms with Gasteiger partial charge in [-0.3, -0.25) is 0 Å². The standard InChI is InChI=1S/C17H25Cl2NO/c1-12-7-9-17(10-8-12,20(2)3)16(21)11-13-14(18)5-4-6-15(13)19/h4-6,12,16,21H,7-11H2,1-3H3. The van der Waals surface area contributed by atoms with Crippen molar-refractivity contribution in [2.24, 2.45) is 5.92 Å². The zero-order valence-electron chi connectivity index (χ0n) is 13.1. The number of aliphatic hydroxyl groups excluding tert-OH is 1. The van der Waals surface area contributed by atoms with Gasteiger partial charge in [0.2, 0.25) is 0 Å². The van der Waals surface area contributed by atoms with Gasteiger partial charge in [-0.15, -0.1) is 0 Å². The smallest absolute Gasteiger partial charge is 0.0764 e. The van der Waals surface area contributed by atoms with Crippen LogP contribution < -0.4 is 0 Å². The Morgan fingerprint density at radius 2 is 1.76 bits per heavy atom. The van der Waals surface area contributed by atoms with Crippen molar-refractivity contribution in [2.45, 2.75) is 50.7 Å². The molecule has 0 radical (unpaired) electrons. The average Bonchev–Trinajstić information content (AvgIpc) is 2.43. The number of halogens is 2. The number of benzene rings is 1. The molecule has 0 amide bonds. The Kier molecular flexibility index (Phi) is 5.59. The van der Waals surface area contributed by atoms with Gasteiger partial charge in [-0.1, -0.05) is 36.2 Å². The highest BCUT2D eigenvalue weighted by molar-refractivity contribution is 6.36. The number of likely N-dealkylation sites (N-methyl/N-ethyl adjacent to an activating group) is 1. The van der Waals surface area contributed by atoms with Crippen molar-refractivity contribution in [1.82, 2.24) is 4.90 Å². The minimum Gasteiger partial charge on any atom is -0.391 e. The topological polar surface area (TPSA) is 23.5 Å². The van der Waals surface area contributed by atoms with Gasteiger partial charge in [0.25, 0.3) is 0 Å². The summed E-state index contributed by atoms with van der Waals surface area (Å²) in [6.07, 6.45) is 4.40. The Morgan fingerprint density at radius 1 is 1.24 bits per heavy atom. The fourth-order valence-electron chi connectivity index (χ4n) is 3.45. The van der Waals surface area contributed by atoms with Crippen LogP contribution in [0.4, 0.5) is 0 Å². The second-order valence-electron chi connectivity index (χ2n) is 6.60. The molecule has 1 aromatic rings. The highest BCUT2D eigenvalue weighted by Crippen LogP contribution is 2.39. The lowest BCUT2D eigenvalue weighted by atomic mass is 9.72. The van der Waals surface area contributed by atoms with E-state index in [0.29, 0.717) is 16.5 Å². The molecule has 21 heavy (non-hydrogen) atoms. The molecule has 2 rings (SSSR count). The first-order chi connectivity index (χ1) is 9.86. The zero-order valence-corrected chi connectivity index (χ0v) is 14.6. The van der Waals surface area contributed by atoms with Crippen LogP contribution in [-0.4, -0.2) is 35.7 Å². The normalized spacial score (nSPS) is 27.9. The highest BCUT2D eigenvalue weighted by atomic mass is 35.5. The van der Waals surface area contributed by atoms with Crippen LogP contribution in [0.1, 0.15) is 38.2 Å². The molecule has 0 saturated heterocycles. The summed E-state index contributed by atoms with van der Waals surface area (Å²) in [7, 11) is 4.13. The van der Waals surface area contributed by atoms with Crippen LogP contribution in [0.5, 0.6) is 0 Å². The molecule has 4 heteroatoms. The van der Waals surface area contributed by atoms with E-state index in [0.717, 1.165) is 37.2 Å². The maximum atomic E-state index is 10.9. The van der Waals surface area contributed by atoms with E-state index >= 15 is 0 Å². The third-order valence-electron chi connectivity index (χ3n) is 5.11. The van der Waals surface area contributed by atoms with Crippen LogP contribution in [0.15, 0.2) is 18.2 Å². The van der Waals surface area contributed by atoms with E-state index in [4.69, 9.17) is 23.2 Å². The molecule has 0 bridgehead atoms. The second kappa shape index (κ2) is 6.87. The lowest BCUT2D eigenvalue weighted by molar-refractivity contribution is -0.0382. The van der Waals surface area contributed by atoms with E-state index in [-0.39, 0.29) is 5.54 Å². The summed E-state index contributed by atoms with van der Waals surface area (Å²) < 4.78 is 0. The van der Waals surface area contributed by atoms with E-state index in [9.17, 15) is 5.11 Å². The average molecular weight is 330 g/mol. The third kappa shape index (κ3) is 3.56. The van der Waals surface area contributed by atoms with Gasteiger partial charge < -0.3 is 10.0 Å². The SMILES string of the molecule is CC1CCC(C(O)Cc2c(Cl)cccc2Cl)(N(C)C)CC1. The van der Waals surface area contributed by atoms with Gasteiger partial charge >= 0.3 is 0 Å². The van der Waals surface area contributed by atoms with Gasteiger partial charge in [0.05, 0.1) is 6.10 Å². The molecule has 1 N–H and O–H groups in total. The molecule has 0 aliphatic heterocycles. The largest absolute Gasteiger partial charge is 0.391 e. The van der Waals surface area contributed by atoms with E-state index in [1.165, 1.54) is 0 Å². The molecule has 0 spiro atoms. The first kappa shape index (κ1) is 17.1. The summed E-state index contributed by atoms with van der Waals surface area (Å²) >= 11 is 12.5. The Bertz CT molecular complexity index is 461. The summed E-state index contributed by atoms with van der Waals surface area (Å²) in [6, 6.07) is 5.51. The van der Waals surface area contributed by atoms with Crippen LogP contribution in [-0.2, 0) is 6.42 Å². The quantitative estimate of drug-likeness (QED) is 0.884. The lowest BCUT2D eigenvalue weighted by Gasteiger charge is -2.48. The number of aliphatic hydroxyl groups is 1. The highest BCUT2D eigenvalue weighted by Gasteiger charge is 2.42. The molecule has 0 aromatic heterocycles. The summed E-state index contributed by atoms with van der Waals surface area (Å²) in [5.74, 6) is 0.745. The molecule has 1 fully saturated rings. The molecule has 1 unspecified atom stereocenters. The van der Waals surface area contributed by atoms with Crippen molar-refractivity contribution in [3.63, 3.8) is 0 Å². The molecular formula is C17H25Cl2NO. The van der Waals surface area contributed by atoms with Crippen LogP contribution >= 0.6 is 23.2 Å². The van der Waals surface area contributed by atoms with Crippen molar-refractivity contribution in [1.29, 1.82) is 0 Å². The molecule has 1 aromatic carbocycles. The van der Waals surface area contributed by atoms with Crippen molar-refractivity contribution < 1.29 is 5.11 Å². The molecule has 2 nitrogen and oxygen atoms in total. The fourth-order valence-corrected chi connectivity index (χ4v) is 4.00. The summed E-state index contributed by atoms with van der Waals surface area (Å²) in [5, 5.41) is 12.2. The molecule has 0 heterocycles. The lowest BCUT2D eigenvalue weighted by Crippen LogP contribution is -2.56. The van der Waals surface area contributed by atoms with Gasteiger partial charge in [0, 0.05) is 22.0 Å².